The van der Waals surface area contributed by atoms with Crippen LogP contribution in [0.3, 0.4) is 0 Å². The minimum atomic E-state index is 0. The van der Waals surface area contributed by atoms with Crippen LogP contribution in [-0.4, -0.2) is 0 Å². The van der Waals surface area contributed by atoms with E-state index in [1.165, 1.54) is 82.3 Å². The van der Waals surface area contributed by atoms with Gasteiger partial charge in [-0.25, -0.2) is 0 Å². The molecule has 2 aliphatic rings. The molecule has 0 amide bonds. The zero-order chi connectivity index (χ0) is 21.2. The smallest absolute Gasteiger partial charge is 1.00 e. The van der Waals surface area contributed by atoms with Crippen LogP contribution in [0.1, 0.15) is 62.8 Å². The first-order valence-corrected chi connectivity index (χ1v) is 12.0. The van der Waals surface area contributed by atoms with Crippen molar-refractivity contribution in [2.24, 2.45) is 5.41 Å². The molecule has 1 unspecified atom stereocenters. The van der Waals surface area contributed by atoms with Crippen molar-refractivity contribution in [1.82, 2.24) is 0 Å². The topological polar surface area (TPSA) is 0 Å². The zero-order valence-corrected chi connectivity index (χ0v) is 23.2. The predicted molar refractivity (Wildman–Crippen MR) is 123 cm³/mol. The van der Waals surface area contributed by atoms with Crippen LogP contribution in [0.5, 0.6) is 0 Å². The largest absolute Gasteiger partial charge is 1.00 e. The van der Waals surface area contributed by atoms with Gasteiger partial charge in [-0.1, -0.05) is 0 Å². The molecule has 0 spiro atoms. The van der Waals surface area contributed by atoms with Gasteiger partial charge in [-0.15, -0.1) is 0 Å². The molecule has 0 aliphatic heterocycles. The van der Waals surface area contributed by atoms with Crippen LogP contribution in [-0.2, 0) is 24.7 Å². The first-order valence-electron chi connectivity index (χ1n) is 10.8. The van der Waals surface area contributed by atoms with Gasteiger partial charge in [-0.05, 0) is 0 Å². The Kier molecular flexibility index (Phi) is 7.17. The molecule has 3 aromatic rings. The van der Waals surface area contributed by atoms with Gasteiger partial charge in [0.2, 0.25) is 0 Å². The Labute approximate surface area is 218 Å². The first kappa shape index (κ1) is 25.2. The molecule has 0 nitrogen and oxygen atoms in total. The van der Waals surface area contributed by atoms with Gasteiger partial charge in [-0.3, -0.25) is 0 Å². The van der Waals surface area contributed by atoms with Crippen molar-refractivity contribution < 1.29 is 49.5 Å². The van der Waals surface area contributed by atoms with Crippen molar-refractivity contribution in [1.29, 1.82) is 0 Å². The summed E-state index contributed by atoms with van der Waals surface area (Å²) in [6, 6.07) is 22.7. The summed E-state index contributed by atoms with van der Waals surface area (Å²) in [5, 5.41) is 5.64. The van der Waals surface area contributed by atoms with Crippen molar-refractivity contribution >= 4 is 14.4 Å². The molecule has 0 bridgehead atoms. The number of rotatable bonds is 1. The van der Waals surface area contributed by atoms with Crippen molar-refractivity contribution in [3.63, 3.8) is 0 Å². The molecule has 3 heteroatoms. The second-order valence-corrected chi connectivity index (χ2v) is 11.0. The number of hydrogen-bond donors (Lipinski definition) is 0. The maximum absolute atomic E-state index is 2.55. The molecule has 2 aliphatic carbocycles. The Morgan fingerprint density at radius 1 is 0.781 bits per heavy atom. The summed E-state index contributed by atoms with van der Waals surface area (Å²) in [5.41, 5.74) is 8.86. The summed E-state index contributed by atoms with van der Waals surface area (Å²) in [6.45, 7) is 11.5. The number of benzene rings is 3. The van der Waals surface area contributed by atoms with E-state index in [0.29, 0.717) is 5.92 Å². The average Bonchev–Trinajstić information content (AvgIpc) is 3.24. The van der Waals surface area contributed by atoms with Crippen LogP contribution < -0.4 is 35.3 Å². The van der Waals surface area contributed by atoms with Crippen molar-refractivity contribution in [3.8, 4) is 0 Å². The third-order valence-corrected chi connectivity index (χ3v) is 7.84. The second-order valence-electron chi connectivity index (χ2n) is 9.77. The summed E-state index contributed by atoms with van der Waals surface area (Å²) in [6.07, 6.45) is 2.55. The van der Waals surface area contributed by atoms with E-state index in [2.05, 4.69) is 101 Å². The molecule has 0 saturated carbocycles. The van der Waals surface area contributed by atoms with Gasteiger partial charge in [0.15, 0.2) is 0 Å². The van der Waals surface area contributed by atoms with Crippen molar-refractivity contribution in [2.45, 2.75) is 40.5 Å². The maximum Gasteiger partial charge on any atom is -1.00 e. The van der Waals surface area contributed by atoms with Gasteiger partial charge in [0.25, 0.3) is 0 Å². The summed E-state index contributed by atoms with van der Waals surface area (Å²) in [7, 11) is 0. The minimum absolute atomic E-state index is 0. The number of fused-ring (bicyclic) bond motifs is 3. The number of halogens is 2. The molecular formula is C29H27Cl2Zr. The molecule has 32 heavy (non-hydrogen) atoms. The van der Waals surface area contributed by atoms with Crippen LogP contribution in [0, 0.1) is 15.9 Å². The monoisotopic (exact) mass is 535 g/mol. The first-order chi connectivity index (χ1) is 14.3. The molecular weight excluding hydrogens is 510 g/mol. The Morgan fingerprint density at radius 2 is 1.41 bits per heavy atom. The van der Waals surface area contributed by atoms with Gasteiger partial charge >= 0.3 is 195 Å². The van der Waals surface area contributed by atoms with Crippen molar-refractivity contribution in [3.05, 3.63) is 110 Å². The van der Waals surface area contributed by atoms with Crippen LogP contribution >= 0.6 is 0 Å². The molecule has 1 atom stereocenters. The third-order valence-electron chi connectivity index (χ3n) is 6.56. The van der Waals surface area contributed by atoms with E-state index in [-0.39, 0.29) is 30.2 Å². The predicted octanol–water partition coefficient (Wildman–Crippen LogP) is -0.236. The molecule has 5 rings (SSSR count). The quantitative estimate of drug-likeness (QED) is 0.402. The Bertz CT molecular complexity index is 1450. The molecule has 0 fully saturated rings. The molecule has 0 saturated heterocycles. The van der Waals surface area contributed by atoms with Gasteiger partial charge < -0.3 is 24.8 Å². The standard InChI is InChI=1S/C29H27.2ClH.Zr/c1-18(2)20-14-15-23-21-11-7-6-10-19(21)16-25(23)28(20)26-17-27(29(3,4)5)24-13-9-8-12-22(24)26;;;/h6-15,17,26H,1-5H3;2*1H;/q;;;+2/p-2. The van der Waals surface area contributed by atoms with Crippen LogP contribution in [0.4, 0.5) is 0 Å². The fraction of sp³-hybridized carbons (Fsp3) is 0.241. The summed E-state index contributed by atoms with van der Waals surface area (Å²) >= 11 is 1.49. The second kappa shape index (κ2) is 9.10. The summed E-state index contributed by atoms with van der Waals surface area (Å²) < 4.78 is 1.50. The van der Waals surface area contributed by atoms with Gasteiger partial charge in [-0.2, -0.15) is 0 Å². The van der Waals surface area contributed by atoms with E-state index in [4.69, 9.17) is 0 Å². The van der Waals surface area contributed by atoms with Crippen LogP contribution in [0.25, 0.3) is 14.4 Å². The van der Waals surface area contributed by atoms with E-state index in [0.717, 1.165) is 0 Å². The molecule has 0 aromatic heterocycles. The van der Waals surface area contributed by atoms with E-state index < -0.39 is 0 Å². The molecule has 0 N–H and O–H groups in total. The molecule has 161 valence electrons. The maximum atomic E-state index is 2.55. The zero-order valence-electron chi connectivity index (χ0n) is 19.2. The molecule has 3 aromatic carbocycles. The fourth-order valence-corrected chi connectivity index (χ4v) is 6.39. The Hall–Kier alpha value is -1.40. The molecule has 0 radical (unpaired) electrons. The summed E-state index contributed by atoms with van der Waals surface area (Å²) in [5.74, 6) is 0.306. The third kappa shape index (κ3) is 3.81. The summed E-state index contributed by atoms with van der Waals surface area (Å²) in [4.78, 5) is 0. The Morgan fingerprint density at radius 3 is 2.06 bits per heavy atom. The van der Waals surface area contributed by atoms with Gasteiger partial charge in [0.1, 0.15) is 0 Å². The van der Waals surface area contributed by atoms with Crippen LogP contribution in [0.15, 0.2) is 66.7 Å². The van der Waals surface area contributed by atoms with E-state index >= 15 is 0 Å². The normalized spacial score (nSPS) is 15.8. The average molecular weight is 538 g/mol. The SMILES string of the molecule is CC(C)=c1ccc2c(c1C1C=C(C(C)(C)C)c3ccccc31)[C]([Zr+2])=c1ccccc1=2.[Cl-].[Cl-]. The van der Waals surface area contributed by atoms with E-state index in [9.17, 15) is 0 Å². The number of hydrogen-bond acceptors (Lipinski definition) is 0. The van der Waals surface area contributed by atoms with Crippen molar-refractivity contribution in [2.75, 3.05) is 0 Å². The molecule has 0 heterocycles. The fourth-order valence-electron chi connectivity index (χ4n) is 5.20. The van der Waals surface area contributed by atoms with E-state index in [1.54, 1.807) is 0 Å². The Balaban J connectivity index is 0.00000144. The van der Waals surface area contributed by atoms with E-state index in [1.807, 2.05) is 0 Å². The van der Waals surface area contributed by atoms with Crippen LogP contribution in [0.2, 0.25) is 0 Å². The minimum Gasteiger partial charge on any atom is -1.00 e. The van der Waals surface area contributed by atoms with Gasteiger partial charge in [0.05, 0.1) is 0 Å². The van der Waals surface area contributed by atoms with Gasteiger partial charge in [0, 0.05) is 0 Å². The number of allylic oxidation sites excluding steroid dienone is 2.